The van der Waals surface area contributed by atoms with E-state index in [0.717, 1.165) is 6.07 Å². The lowest BCUT2D eigenvalue weighted by atomic mass is 10.2. The molecule has 1 aromatic carbocycles. The second kappa shape index (κ2) is 3.27. The Morgan fingerprint density at radius 3 is 2.71 bits per heavy atom. The summed E-state index contributed by atoms with van der Waals surface area (Å²) in [5, 5.41) is 5.58. The number of halogens is 4. The lowest BCUT2D eigenvalue weighted by Crippen LogP contribution is -1.86. The van der Waals surface area contributed by atoms with Crippen LogP contribution in [0.25, 0.3) is 10.9 Å². The fourth-order valence-corrected chi connectivity index (χ4v) is 1.66. The molecule has 0 unspecified atom stereocenters. The summed E-state index contributed by atoms with van der Waals surface area (Å²) in [4.78, 5) is 0. The second-order valence-corrected chi connectivity index (χ2v) is 3.55. The number of aromatic amines is 1. The van der Waals surface area contributed by atoms with Crippen molar-refractivity contribution >= 4 is 26.8 Å². The van der Waals surface area contributed by atoms with Crippen molar-refractivity contribution in [3.63, 3.8) is 0 Å². The number of hydrogen-bond acceptors (Lipinski definition) is 1. The van der Waals surface area contributed by atoms with Gasteiger partial charge in [-0.2, -0.15) is 5.10 Å². The molecule has 0 radical (unpaired) electrons. The molecule has 1 heterocycles. The molecule has 0 atom stereocenters. The Hall–Kier alpha value is -1.04. The maximum absolute atomic E-state index is 13.2. The molecule has 2 rings (SSSR count). The van der Waals surface area contributed by atoms with Crippen molar-refractivity contribution < 1.29 is 13.2 Å². The van der Waals surface area contributed by atoms with Gasteiger partial charge < -0.3 is 0 Å². The van der Waals surface area contributed by atoms with Crippen molar-refractivity contribution in [2.75, 3.05) is 0 Å². The molecule has 0 aliphatic carbocycles. The van der Waals surface area contributed by atoms with E-state index in [1.165, 1.54) is 6.07 Å². The van der Waals surface area contributed by atoms with E-state index >= 15 is 0 Å². The number of nitrogens with zero attached hydrogens (tertiary/aromatic N) is 1. The van der Waals surface area contributed by atoms with E-state index < -0.39 is 17.9 Å². The summed E-state index contributed by atoms with van der Waals surface area (Å²) in [7, 11) is 0. The molecule has 0 amide bonds. The van der Waals surface area contributed by atoms with E-state index in [9.17, 15) is 13.2 Å². The van der Waals surface area contributed by atoms with Crippen molar-refractivity contribution in [3.05, 3.63) is 28.1 Å². The number of H-pyrrole nitrogens is 1. The van der Waals surface area contributed by atoms with Crippen LogP contribution < -0.4 is 0 Å². The number of nitrogens with one attached hydrogen (secondary N) is 1. The number of rotatable bonds is 1. The Kier molecular flexibility index (Phi) is 2.22. The first kappa shape index (κ1) is 9.51. The Balaban J connectivity index is 2.84. The molecule has 6 heteroatoms. The topological polar surface area (TPSA) is 28.7 Å². The van der Waals surface area contributed by atoms with E-state index in [-0.39, 0.29) is 10.9 Å². The molecule has 14 heavy (non-hydrogen) atoms. The molecule has 1 N–H and O–H groups in total. The first-order valence-electron chi connectivity index (χ1n) is 3.71. The number of benzene rings is 1. The van der Waals surface area contributed by atoms with Crippen molar-refractivity contribution in [1.29, 1.82) is 0 Å². The molecule has 0 fully saturated rings. The number of hydrogen-bond donors (Lipinski definition) is 1. The van der Waals surface area contributed by atoms with E-state index in [0.29, 0.717) is 4.47 Å². The molecule has 2 aromatic rings. The molecular weight excluding hydrogens is 261 g/mol. The summed E-state index contributed by atoms with van der Waals surface area (Å²) in [6.07, 6.45) is -2.76. The third-order valence-electron chi connectivity index (χ3n) is 1.85. The van der Waals surface area contributed by atoms with Gasteiger partial charge in [-0.05, 0) is 28.1 Å². The quantitative estimate of drug-likeness (QED) is 0.841. The van der Waals surface area contributed by atoms with Crippen LogP contribution in [-0.2, 0) is 0 Å². The second-order valence-electron chi connectivity index (χ2n) is 2.69. The van der Waals surface area contributed by atoms with Gasteiger partial charge in [0, 0.05) is 4.47 Å². The predicted octanol–water partition coefficient (Wildman–Crippen LogP) is 3.40. The zero-order valence-electron chi connectivity index (χ0n) is 6.69. The molecule has 0 aliphatic rings. The summed E-state index contributed by atoms with van der Waals surface area (Å²) in [5.41, 5.74) is -0.306. The smallest absolute Gasteiger partial charge is 0.275 e. The lowest BCUT2D eigenvalue weighted by Gasteiger charge is -1.97. The van der Waals surface area contributed by atoms with Gasteiger partial charge in [-0.15, -0.1) is 0 Å². The van der Waals surface area contributed by atoms with Gasteiger partial charge in [-0.25, -0.2) is 13.2 Å². The summed E-state index contributed by atoms with van der Waals surface area (Å²) >= 11 is 3.10. The average molecular weight is 265 g/mol. The van der Waals surface area contributed by atoms with Crippen molar-refractivity contribution in [3.8, 4) is 0 Å². The van der Waals surface area contributed by atoms with Gasteiger partial charge in [0.05, 0.1) is 5.39 Å². The fraction of sp³-hybridized carbons (Fsp3) is 0.125. The van der Waals surface area contributed by atoms with Gasteiger partial charge in [-0.1, -0.05) is 0 Å². The molecule has 0 saturated heterocycles. The van der Waals surface area contributed by atoms with Crippen LogP contribution >= 0.6 is 15.9 Å². The van der Waals surface area contributed by atoms with E-state index in [1.807, 2.05) is 0 Å². The largest absolute Gasteiger partial charge is 0.280 e. The van der Waals surface area contributed by atoms with Gasteiger partial charge >= 0.3 is 0 Å². The van der Waals surface area contributed by atoms with Crippen molar-refractivity contribution in [2.24, 2.45) is 0 Å². The molecule has 1 aromatic heterocycles. The van der Waals surface area contributed by atoms with Crippen LogP contribution in [0.3, 0.4) is 0 Å². The third kappa shape index (κ3) is 1.30. The van der Waals surface area contributed by atoms with Gasteiger partial charge in [-0.3, -0.25) is 5.10 Å². The van der Waals surface area contributed by atoms with Crippen LogP contribution in [0.2, 0.25) is 0 Å². The molecule has 2 nitrogen and oxygen atoms in total. The SMILES string of the molecule is Fc1ccc(Br)c2n[nH]c(C(F)F)c12. The Bertz CT molecular complexity index is 481. The standard InChI is InChI=1S/C8H4BrF3N2/c9-3-1-2-4(10)5-6(3)13-14-7(5)8(11)12/h1-2,8H,(H,13,14). The molecule has 0 aliphatic heterocycles. The minimum atomic E-state index is -2.76. The summed E-state index contributed by atoms with van der Waals surface area (Å²) in [6, 6.07) is 2.54. The van der Waals surface area contributed by atoms with E-state index in [1.54, 1.807) is 0 Å². The lowest BCUT2D eigenvalue weighted by molar-refractivity contribution is 0.147. The monoisotopic (exact) mass is 264 g/mol. The summed E-state index contributed by atoms with van der Waals surface area (Å²) < 4.78 is 38.5. The first-order chi connectivity index (χ1) is 6.61. The minimum absolute atomic E-state index is 0.158. The van der Waals surface area contributed by atoms with Crippen molar-refractivity contribution in [2.45, 2.75) is 6.43 Å². The van der Waals surface area contributed by atoms with Crippen molar-refractivity contribution in [1.82, 2.24) is 10.2 Å². The van der Waals surface area contributed by atoms with E-state index in [2.05, 4.69) is 26.1 Å². The molecule has 74 valence electrons. The highest BCUT2D eigenvalue weighted by Crippen LogP contribution is 2.31. The predicted molar refractivity (Wildman–Crippen MR) is 48.7 cm³/mol. The highest BCUT2D eigenvalue weighted by atomic mass is 79.9. The maximum Gasteiger partial charge on any atom is 0.280 e. The zero-order valence-corrected chi connectivity index (χ0v) is 8.28. The molecule has 0 spiro atoms. The van der Waals surface area contributed by atoms with E-state index in [4.69, 9.17) is 0 Å². The van der Waals surface area contributed by atoms with Crippen LogP contribution in [0.15, 0.2) is 16.6 Å². The third-order valence-corrected chi connectivity index (χ3v) is 2.49. The Morgan fingerprint density at radius 1 is 1.36 bits per heavy atom. The van der Waals surface area contributed by atoms with Gasteiger partial charge in [0.1, 0.15) is 17.0 Å². The number of fused-ring (bicyclic) bond motifs is 1. The van der Waals surface area contributed by atoms with Gasteiger partial charge in [0.25, 0.3) is 6.43 Å². The van der Waals surface area contributed by atoms with Crippen LogP contribution in [0.4, 0.5) is 13.2 Å². The molecule has 0 saturated carbocycles. The Labute approximate surface area is 85.2 Å². The molecular formula is C8H4BrF3N2. The minimum Gasteiger partial charge on any atom is -0.275 e. The van der Waals surface area contributed by atoms with Crippen LogP contribution in [-0.4, -0.2) is 10.2 Å². The Morgan fingerprint density at radius 2 is 2.07 bits per heavy atom. The number of aromatic nitrogens is 2. The average Bonchev–Trinajstić information content (AvgIpc) is 2.56. The molecule has 0 bridgehead atoms. The normalized spacial score (nSPS) is 11.5. The number of alkyl halides is 2. The highest BCUT2D eigenvalue weighted by Gasteiger charge is 2.19. The first-order valence-corrected chi connectivity index (χ1v) is 4.50. The van der Waals surface area contributed by atoms with Crippen LogP contribution in [0, 0.1) is 5.82 Å². The van der Waals surface area contributed by atoms with Gasteiger partial charge in [0.15, 0.2) is 0 Å². The highest BCUT2D eigenvalue weighted by molar-refractivity contribution is 9.10. The zero-order chi connectivity index (χ0) is 10.3. The van der Waals surface area contributed by atoms with Crippen LogP contribution in [0.5, 0.6) is 0 Å². The van der Waals surface area contributed by atoms with Crippen LogP contribution in [0.1, 0.15) is 12.1 Å². The summed E-state index contributed by atoms with van der Waals surface area (Å²) in [6.45, 7) is 0. The maximum atomic E-state index is 13.2. The van der Waals surface area contributed by atoms with Gasteiger partial charge in [0.2, 0.25) is 0 Å². The summed E-state index contributed by atoms with van der Waals surface area (Å²) in [5.74, 6) is -0.702. The fourth-order valence-electron chi connectivity index (χ4n) is 1.24.